The number of nitrogens with one attached hydrogen (secondary N) is 1. The summed E-state index contributed by atoms with van der Waals surface area (Å²) in [6.07, 6.45) is 0.795. The van der Waals surface area contributed by atoms with Gasteiger partial charge in [0.05, 0.1) is 25.0 Å². The molecule has 0 atom stereocenters. The summed E-state index contributed by atoms with van der Waals surface area (Å²) in [6, 6.07) is 13.9. The average Bonchev–Trinajstić information content (AvgIpc) is 2.71. The van der Waals surface area contributed by atoms with Crippen molar-refractivity contribution in [3.63, 3.8) is 0 Å². The smallest absolute Gasteiger partial charge is 0.344 e. The first kappa shape index (κ1) is 21.0. The minimum Gasteiger partial charge on any atom is -0.497 e. The first-order chi connectivity index (χ1) is 13.5. The van der Waals surface area contributed by atoms with Gasteiger partial charge in [-0.1, -0.05) is 24.3 Å². The first-order valence-corrected chi connectivity index (χ1v) is 8.88. The second-order valence-electron chi connectivity index (χ2n) is 5.82. The molecule has 28 heavy (non-hydrogen) atoms. The molecule has 0 aliphatic heterocycles. The fourth-order valence-electron chi connectivity index (χ4n) is 2.44. The van der Waals surface area contributed by atoms with Crippen LogP contribution in [0.25, 0.3) is 0 Å². The third-order valence-electron chi connectivity index (χ3n) is 3.85. The van der Waals surface area contributed by atoms with E-state index in [9.17, 15) is 14.4 Å². The van der Waals surface area contributed by atoms with Gasteiger partial charge >= 0.3 is 11.9 Å². The Morgan fingerprint density at radius 2 is 1.68 bits per heavy atom. The largest absolute Gasteiger partial charge is 0.497 e. The molecule has 2 aromatic carbocycles. The molecule has 1 amide bonds. The van der Waals surface area contributed by atoms with Crippen molar-refractivity contribution in [1.82, 2.24) is 0 Å². The standard InChI is InChI=1S/C21H23NO6/c1-3-27-20(24)14-28-21(25)17-6-4-5-7-18(17)22-19(23)13-10-15-8-11-16(26-2)12-9-15/h4-9,11-12H,3,10,13-14H2,1-2H3,(H,22,23). The van der Waals surface area contributed by atoms with Crippen molar-refractivity contribution < 1.29 is 28.6 Å². The van der Waals surface area contributed by atoms with Crippen molar-refractivity contribution in [2.24, 2.45) is 0 Å². The zero-order valence-corrected chi connectivity index (χ0v) is 15.9. The molecular weight excluding hydrogens is 362 g/mol. The third-order valence-corrected chi connectivity index (χ3v) is 3.85. The van der Waals surface area contributed by atoms with Crippen molar-refractivity contribution in [3.8, 4) is 5.75 Å². The van der Waals surface area contributed by atoms with Crippen molar-refractivity contribution >= 4 is 23.5 Å². The van der Waals surface area contributed by atoms with E-state index in [0.717, 1.165) is 11.3 Å². The molecule has 0 aliphatic rings. The van der Waals surface area contributed by atoms with Crippen LogP contribution < -0.4 is 10.1 Å². The van der Waals surface area contributed by atoms with Gasteiger partial charge in [-0.2, -0.15) is 0 Å². The molecule has 0 aromatic heterocycles. The van der Waals surface area contributed by atoms with Gasteiger partial charge in [-0.3, -0.25) is 4.79 Å². The molecule has 0 radical (unpaired) electrons. The molecule has 0 bridgehead atoms. The molecule has 1 N–H and O–H groups in total. The van der Waals surface area contributed by atoms with Gasteiger partial charge in [-0.25, -0.2) is 9.59 Å². The third kappa shape index (κ3) is 6.42. The zero-order valence-electron chi connectivity index (χ0n) is 15.9. The van der Waals surface area contributed by atoms with Crippen LogP contribution in [0.3, 0.4) is 0 Å². The number of ether oxygens (including phenoxy) is 3. The topological polar surface area (TPSA) is 90.9 Å². The van der Waals surface area contributed by atoms with Crippen molar-refractivity contribution in [1.29, 1.82) is 0 Å². The van der Waals surface area contributed by atoms with Crippen molar-refractivity contribution in [3.05, 3.63) is 59.7 Å². The highest BCUT2D eigenvalue weighted by Crippen LogP contribution is 2.17. The summed E-state index contributed by atoms with van der Waals surface area (Å²) in [5.41, 5.74) is 1.50. The molecule has 2 aromatic rings. The molecule has 0 saturated heterocycles. The van der Waals surface area contributed by atoms with Crippen LogP contribution in [0.1, 0.15) is 29.3 Å². The van der Waals surface area contributed by atoms with Gasteiger partial charge < -0.3 is 19.5 Å². The van der Waals surface area contributed by atoms with E-state index in [4.69, 9.17) is 14.2 Å². The summed E-state index contributed by atoms with van der Waals surface area (Å²) in [5.74, 6) is -0.819. The Balaban J connectivity index is 1.92. The van der Waals surface area contributed by atoms with Crippen LogP contribution in [0, 0.1) is 0 Å². The minimum atomic E-state index is -0.709. The summed E-state index contributed by atoms with van der Waals surface area (Å²) in [4.78, 5) is 35.8. The van der Waals surface area contributed by atoms with Crippen LogP contribution in [0.5, 0.6) is 5.75 Å². The number of rotatable bonds is 9. The van der Waals surface area contributed by atoms with E-state index in [1.165, 1.54) is 6.07 Å². The van der Waals surface area contributed by atoms with E-state index in [-0.39, 0.29) is 24.5 Å². The highest BCUT2D eigenvalue weighted by Gasteiger charge is 2.16. The Bertz CT molecular complexity index is 816. The van der Waals surface area contributed by atoms with E-state index < -0.39 is 18.5 Å². The Hall–Kier alpha value is -3.35. The zero-order chi connectivity index (χ0) is 20.4. The number of esters is 2. The van der Waals surface area contributed by atoms with Gasteiger partial charge in [0.2, 0.25) is 5.91 Å². The van der Waals surface area contributed by atoms with Crippen molar-refractivity contribution in [2.75, 3.05) is 25.6 Å². The molecule has 7 nitrogen and oxygen atoms in total. The van der Waals surface area contributed by atoms with Crippen LogP contribution in [-0.4, -0.2) is 38.2 Å². The summed E-state index contributed by atoms with van der Waals surface area (Å²) >= 11 is 0. The Morgan fingerprint density at radius 3 is 2.36 bits per heavy atom. The van der Waals surface area contributed by atoms with Crippen molar-refractivity contribution in [2.45, 2.75) is 19.8 Å². The summed E-state index contributed by atoms with van der Waals surface area (Å²) in [6.45, 7) is 1.39. The molecule has 0 fully saturated rings. The Labute approximate surface area is 163 Å². The van der Waals surface area contributed by atoms with Crippen LogP contribution >= 0.6 is 0 Å². The van der Waals surface area contributed by atoms with Crippen LogP contribution in [0.15, 0.2) is 48.5 Å². The summed E-state index contributed by atoms with van der Waals surface area (Å²) in [5, 5.41) is 2.72. The number of amides is 1. The van der Waals surface area contributed by atoms with Gasteiger partial charge in [0, 0.05) is 6.42 Å². The fourth-order valence-corrected chi connectivity index (χ4v) is 2.44. The van der Waals surface area contributed by atoms with Crippen LogP contribution in [0.4, 0.5) is 5.69 Å². The number of carbonyl (C=O) groups excluding carboxylic acids is 3. The van der Waals surface area contributed by atoms with Gasteiger partial charge in [-0.15, -0.1) is 0 Å². The van der Waals surface area contributed by atoms with Gasteiger partial charge in [0.1, 0.15) is 5.75 Å². The average molecular weight is 385 g/mol. The second-order valence-corrected chi connectivity index (χ2v) is 5.82. The fraction of sp³-hybridized carbons (Fsp3) is 0.286. The lowest BCUT2D eigenvalue weighted by molar-refractivity contribution is -0.146. The number of hydrogen-bond donors (Lipinski definition) is 1. The molecule has 0 unspecified atom stereocenters. The number of aryl methyl sites for hydroxylation is 1. The molecule has 2 rings (SSSR count). The van der Waals surface area contributed by atoms with Crippen LogP contribution in [0.2, 0.25) is 0 Å². The van der Waals surface area contributed by atoms with Gasteiger partial charge in [-0.05, 0) is 43.2 Å². The van der Waals surface area contributed by atoms with Gasteiger partial charge in [0.15, 0.2) is 6.61 Å². The molecule has 0 spiro atoms. The summed E-state index contributed by atoms with van der Waals surface area (Å²) in [7, 11) is 1.59. The van der Waals surface area contributed by atoms with E-state index >= 15 is 0 Å². The van der Waals surface area contributed by atoms with Crippen LogP contribution in [-0.2, 0) is 25.5 Å². The number of anilines is 1. The maximum Gasteiger partial charge on any atom is 0.344 e. The molecule has 7 heteroatoms. The van der Waals surface area contributed by atoms with Gasteiger partial charge in [0.25, 0.3) is 0 Å². The highest BCUT2D eigenvalue weighted by atomic mass is 16.6. The Kier molecular flexibility index (Phi) is 8.02. The molecule has 0 heterocycles. The molecular formula is C21H23NO6. The van der Waals surface area contributed by atoms with E-state index in [1.807, 2.05) is 24.3 Å². The summed E-state index contributed by atoms with van der Waals surface area (Å²) < 4.78 is 14.8. The lowest BCUT2D eigenvalue weighted by atomic mass is 10.1. The second kappa shape index (κ2) is 10.7. The lowest BCUT2D eigenvalue weighted by Gasteiger charge is -2.11. The number of benzene rings is 2. The number of hydrogen-bond acceptors (Lipinski definition) is 6. The normalized spacial score (nSPS) is 10.1. The number of para-hydroxylation sites is 1. The lowest BCUT2D eigenvalue weighted by Crippen LogP contribution is -2.19. The predicted molar refractivity (Wildman–Crippen MR) is 103 cm³/mol. The first-order valence-electron chi connectivity index (χ1n) is 8.88. The number of methoxy groups -OCH3 is 1. The molecule has 0 saturated carbocycles. The maximum atomic E-state index is 12.3. The predicted octanol–water partition coefficient (Wildman–Crippen LogP) is 2.99. The highest BCUT2D eigenvalue weighted by molar-refractivity contribution is 6.01. The van der Waals surface area contributed by atoms with E-state index in [0.29, 0.717) is 12.1 Å². The van der Waals surface area contributed by atoms with E-state index in [1.54, 1.807) is 32.2 Å². The number of carbonyl (C=O) groups is 3. The quantitative estimate of drug-likeness (QED) is 0.668. The monoisotopic (exact) mass is 385 g/mol. The molecule has 0 aliphatic carbocycles. The minimum absolute atomic E-state index is 0.171. The Morgan fingerprint density at radius 1 is 0.964 bits per heavy atom. The van der Waals surface area contributed by atoms with E-state index in [2.05, 4.69) is 5.32 Å². The SMILES string of the molecule is CCOC(=O)COC(=O)c1ccccc1NC(=O)CCc1ccc(OC)cc1. The maximum absolute atomic E-state index is 12.3. The molecule has 148 valence electrons.